The molecule has 0 saturated carbocycles. The van der Waals surface area contributed by atoms with E-state index < -0.39 is 5.91 Å². The number of halogens is 1. The summed E-state index contributed by atoms with van der Waals surface area (Å²) in [6.07, 6.45) is 2.21. The van der Waals surface area contributed by atoms with Crippen molar-refractivity contribution in [1.82, 2.24) is 9.97 Å². The highest BCUT2D eigenvalue weighted by Crippen LogP contribution is 2.20. The number of nitrogens with one attached hydrogen (secondary N) is 1. The highest BCUT2D eigenvalue weighted by molar-refractivity contribution is 7.09. The van der Waals surface area contributed by atoms with Crippen LogP contribution >= 0.6 is 22.9 Å². The molecule has 2 rings (SSSR count). The van der Waals surface area contributed by atoms with Crippen molar-refractivity contribution in [2.45, 2.75) is 13.3 Å². The first-order valence-electron chi connectivity index (χ1n) is 5.66. The molecule has 0 radical (unpaired) electrons. The molecule has 1 amide bonds. The lowest BCUT2D eigenvalue weighted by Gasteiger charge is -2.07. The summed E-state index contributed by atoms with van der Waals surface area (Å²) in [4.78, 5) is 19.4. The number of carbonyl (C=O) groups is 1. The standard InChI is InChI=1S/C12H13ClN4OS/c1-7-6-19-10(17-7)2-3-15-12-9(13)4-8(5-16-12)11(14)18/h4-6H,2-3H2,1H3,(H2,14,18)(H,15,16). The Hall–Kier alpha value is -1.66. The molecule has 7 heteroatoms. The third-order valence-electron chi connectivity index (χ3n) is 2.42. The molecule has 0 aromatic carbocycles. The molecule has 0 bridgehead atoms. The van der Waals surface area contributed by atoms with Crippen LogP contribution in [0.2, 0.25) is 5.02 Å². The molecule has 5 nitrogen and oxygen atoms in total. The third-order valence-corrected chi connectivity index (χ3v) is 3.74. The van der Waals surface area contributed by atoms with Gasteiger partial charge >= 0.3 is 0 Å². The van der Waals surface area contributed by atoms with Crippen LogP contribution in [-0.4, -0.2) is 22.4 Å². The van der Waals surface area contributed by atoms with Crippen LogP contribution in [0.4, 0.5) is 5.82 Å². The number of aryl methyl sites for hydroxylation is 1. The van der Waals surface area contributed by atoms with Gasteiger partial charge in [0.15, 0.2) is 0 Å². The lowest BCUT2D eigenvalue weighted by molar-refractivity contribution is 0.1000. The minimum atomic E-state index is -0.542. The van der Waals surface area contributed by atoms with Gasteiger partial charge in [0.1, 0.15) is 5.82 Å². The Labute approximate surface area is 119 Å². The monoisotopic (exact) mass is 296 g/mol. The minimum absolute atomic E-state index is 0.297. The zero-order valence-electron chi connectivity index (χ0n) is 10.3. The molecule has 0 fully saturated rings. The van der Waals surface area contributed by atoms with Crippen LogP contribution in [0.25, 0.3) is 0 Å². The smallest absolute Gasteiger partial charge is 0.250 e. The number of nitrogens with zero attached hydrogens (tertiary/aromatic N) is 2. The maximum absolute atomic E-state index is 11.0. The largest absolute Gasteiger partial charge is 0.368 e. The molecule has 3 N–H and O–H groups in total. The molecule has 19 heavy (non-hydrogen) atoms. The van der Waals surface area contributed by atoms with Gasteiger partial charge in [-0.3, -0.25) is 4.79 Å². The molecule has 0 unspecified atom stereocenters. The number of pyridine rings is 1. The van der Waals surface area contributed by atoms with Crippen LogP contribution < -0.4 is 11.1 Å². The molecule has 2 aromatic heterocycles. The summed E-state index contributed by atoms with van der Waals surface area (Å²) in [5, 5.41) is 6.57. The highest BCUT2D eigenvalue weighted by Gasteiger charge is 2.07. The second-order valence-electron chi connectivity index (χ2n) is 3.98. The molecule has 0 aliphatic heterocycles. The second kappa shape index (κ2) is 5.99. The molecule has 0 spiro atoms. The highest BCUT2D eigenvalue weighted by atomic mass is 35.5. The number of nitrogens with two attached hydrogens (primary N) is 1. The Morgan fingerprint density at radius 1 is 1.58 bits per heavy atom. The van der Waals surface area contributed by atoms with Gasteiger partial charge in [-0.15, -0.1) is 11.3 Å². The number of primary amides is 1. The molecule has 2 aromatic rings. The summed E-state index contributed by atoms with van der Waals surface area (Å²) >= 11 is 7.64. The number of hydrogen-bond acceptors (Lipinski definition) is 5. The van der Waals surface area contributed by atoms with Crippen LogP contribution in [-0.2, 0) is 6.42 Å². The van der Waals surface area contributed by atoms with Crippen molar-refractivity contribution in [3.05, 3.63) is 38.9 Å². The summed E-state index contributed by atoms with van der Waals surface area (Å²) in [6, 6.07) is 1.51. The Kier molecular flexibility index (Phi) is 4.34. The number of hydrogen-bond donors (Lipinski definition) is 2. The Morgan fingerprint density at radius 3 is 2.95 bits per heavy atom. The van der Waals surface area contributed by atoms with Crippen LogP contribution in [0, 0.1) is 6.92 Å². The van der Waals surface area contributed by atoms with Crippen LogP contribution in [0.1, 0.15) is 21.1 Å². The van der Waals surface area contributed by atoms with E-state index in [1.54, 1.807) is 11.3 Å². The molecule has 0 atom stereocenters. The molecular formula is C12H13ClN4OS. The van der Waals surface area contributed by atoms with Crippen LogP contribution in [0.5, 0.6) is 0 Å². The van der Waals surface area contributed by atoms with Gasteiger partial charge in [-0.2, -0.15) is 0 Å². The number of thiazole rings is 1. The minimum Gasteiger partial charge on any atom is -0.368 e. The number of carbonyl (C=O) groups excluding carboxylic acids is 1. The maximum Gasteiger partial charge on any atom is 0.250 e. The molecule has 0 aliphatic rings. The summed E-state index contributed by atoms with van der Waals surface area (Å²) in [6.45, 7) is 2.64. The number of amides is 1. The second-order valence-corrected chi connectivity index (χ2v) is 5.33. The number of anilines is 1. The van der Waals surface area contributed by atoms with Crippen molar-refractivity contribution < 1.29 is 4.79 Å². The summed E-state index contributed by atoms with van der Waals surface area (Å²) in [5.41, 5.74) is 6.47. The quantitative estimate of drug-likeness (QED) is 0.887. The van der Waals surface area contributed by atoms with E-state index in [-0.39, 0.29) is 0 Å². The van der Waals surface area contributed by atoms with E-state index in [0.29, 0.717) is 22.9 Å². The predicted molar refractivity (Wildman–Crippen MR) is 76.8 cm³/mol. The number of rotatable bonds is 5. The van der Waals surface area contributed by atoms with Crippen molar-refractivity contribution in [1.29, 1.82) is 0 Å². The Balaban J connectivity index is 1.94. The fraction of sp³-hybridized carbons (Fsp3) is 0.250. The lowest BCUT2D eigenvalue weighted by Crippen LogP contribution is -2.12. The first-order chi connectivity index (χ1) is 9.06. The topological polar surface area (TPSA) is 80.9 Å². The first-order valence-corrected chi connectivity index (χ1v) is 6.92. The lowest BCUT2D eigenvalue weighted by atomic mass is 10.2. The van der Waals surface area contributed by atoms with Gasteiger partial charge in [0, 0.05) is 30.2 Å². The normalized spacial score (nSPS) is 10.4. The zero-order valence-corrected chi connectivity index (χ0v) is 11.9. The molecule has 2 heterocycles. The maximum atomic E-state index is 11.0. The van der Waals surface area contributed by atoms with Crippen molar-refractivity contribution in [2.75, 3.05) is 11.9 Å². The van der Waals surface area contributed by atoms with Gasteiger partial charge in [-0.05, 0) is 13.0 Å². The SMILES string of the molecule is Cc1csc(CCNc2ncc(C(N)=O)cc2Cl)n1. The van der Waals surface area contributed by atoms with Gasteiger partial charge in [0.25, 0.3) is 0 Å². The van der Waals surface area contributed by atoms with E-state index in [4.69, 9.17) is 17.3 Å². The van der Waals surface area contributed by atoms with Crippen LogP contribution in [0.3, 0.4) is 0 Å². The van der Waals surface area contributed by atoms with Crippen LogP contribution in [0.15, 0.2) is 17.6 Å². The van der Waals surface area contributed by atoms with E-state index in [1.165, 1.54) is 12.3 Å². The Morgan fingerprint density at radius 2 is 2.37 bits per heavy atom. The van der Waals surface area contributed by atoms with Gasteiger partial charge in [-0.1, -0.05) is 11.6 Å². The Bertz CT molecular complexity index is 599. The summed E-state index contributed by atoms with van der Waals surface area (Å²) in [5.74, 6) is -0.000782. The predicted octanol–water partition coefficient (Wildman–Crippen LogP) is 2.25. The van der Waals surface area contributed by atoms with Gasteiger partial charge in [-0.25, -0.2) is 9.97 Å². The van der Waals surface area contributed by atoms with Crippen molar-refractivity contribution in [3.63, 3.8) is 0 Å². The van der Waals surface area contributed by atoms with Gasteiger partial charge in [0.2, 0.25) is 5.91 Å². The van der Waals surface area contributed by atoms with Gasteiger partial charge in [0.05, 0.1) is 15.6 Å². The first kappa shape index (κ1) is 13.8. The third kappa shape index (κ3) is 3.65. The van der Waals surface area contributed by atoms with Crippen molar-refractivity contribution in [3.8, 4) is 0 Å². The molecule has 0 saturated heterocycles. The van der Waals surface area contributed by atoms with E-state index in [0.717, 1.165) is 17.1 Å². The van der Waals surface area contributed by atoms with E-state index in [1.807, 2.05) is 12.3 Å². The van der Waals surface area contributed by atoms with Crippen molar-refractivity contribution >= 4 is 34.7 Å². The fourth-order valence-electron chi connectivity index (χ4n) is 1.51. The van der Waals surface area contributed by atoms with E-state index in [9.17, 15) is 4.79 Å². The summed E-state index contributed by atoms with van der Waals surface area (Å²) in [7, 11) is 0. The van der Waals surface area contributed by atoms with Gasteiger partial charge < -0.3 is 11.1 Å². The summed E-state index contributed by atoms with van der Waals surface area (Å²) < 4.78 is 0. The number of aromatic nitrogens is 2. The van der Waals surface area contributed by atoms with Crippen molar-refractivity contribution in [2.24, 2.45) is 5.73 Å². The molecule has 100 valence electrons. The van der Waals surface area contributed by atoms with E-state index >= 15 is 0 Å². The molecule has 0 aliphatic carbocycles. The zero-order chi connectivity index (χ0) is 13.8. The molecular weight excluding hydrogens is 284 g/mol. The average Bonchev–Trinajstić information content (AvgIpc) is 2.77. The fourth-order valence-corrected chi connectivity index (χ4v) is 2.52. The van der Waals surface area contributed by atoms with E-state index in [2.05, 4.69) is 15.3 Å². The average molecular weight is 297 g/mol.